The molecule has 1 heterocycles. The molecule has 48 heavy (non-hydrogen) atoms. The predicted molar refractivity (Wildman–Crippen MR) is 194 cm³/mol. The van der Waals surface area contributed by atoms with Crippen LogP contribution in [0.1, 0.15) is 72.8 Å². The quantitative estimate of drug-likeness (QED) is 0.0769. The molecule has 1 aliphatic heterocycles. The highest BCUT2D eigenvalue weighted by molar-refractivity contribution is 6.99. The maximum Gasteiger partial charge on any atom is 0.411 e. The summed E-state index contributed by atoms with van der Waals surface area (Å²) in [7, 11) is -2.56. The summed E-state index contributed by atoms with van der Waals surface area (Å²) in [5, 5.41) is 2.46. The van der Waals surface area contributed by atoms with Crippen LogP contribution in [0.4, 0.5) is 4.79 Å². The number of allylic oxidation sites excluding steroid dienone is 1. The van der Waals surface area contributed by atoms with Gasteiger partial charge in [-0.3, -0.25) is 4.90 Å². The molecular weight excluding hydrogens is 619 g/mol. The summed E-state index contributed by atoms with van der Waals surface area (Å²) < 4.78 is 24.2. The molecule has 0 spiro atoms. The zero-order chi connectivity index (χ0) is 34.6. The first-order valence-electron chi connectivity index (χ1n) is 17.1. The van der Waals surface area contributed by atoms with E-state index in [1.54, 1.807) is 0 Å². The Labute approximate surface area is 288 Å². The average Bonchev–Trinajstić information content (AvgIpc) is 3.48. The molecule has 258 valence electrons. The minimum atomic E-state index is -2.56. The average molecular weight is 672 g/mol. The molecule has 0 radical (unpaired) electrons. The molecule has 8 heteroatoms. The van der Waals surface area contributed by atoms with E-state index in [2.05, 4.69) is 81.4 Å². The Hall–Kier alpha value is -3.72. The van der Waals surface area contributed by atoms with E-state index in [4.69, 9.17) is 18.6 Å². The number of carbonyl (C=O) groups is 2. The number of amides is 1. The van der Waals surface area contributed by atoms with Gasteiger partial charge in [-0.25, -0.2) is 9.59 Å². The summed E-state index contributed by atoms with van der Waals surface area (Å²) in [4.78, 5) is 28.0. The molecule has 4 rings (SSSR count). The molecule has 1 aliphatic rings. The third kappa shape index (κ3) is 9.90. The fourth-order valence-corrected chi connectivity index (χ4v) is 11.0. The first-order valence-corrected chi connectivity index (χ1v) is 19.0. The SMILES string of the molecule is CC(C)(C)OC(=O)N1C(C(=O)OC/C=C/CCCO[Si](c2ccccc2)(c2ccccc2)C(C)(C)C)CC[C@H]1COCc1ccccc1. The van der Waals surface area contributed by atoms with Crippen molar-refractivity contribution in [3.8, 4) is 0 Å². The molecule has 3 aromatic rings. The lowest BCUT2D eigenvalue weighted by molar-refractivity contribution is -0.148. The van der Waals surface area contributed by atoms with Crippen LogP contribution in [0.25, 0.3) is 0 Å². The highest BCUT2D eigenvalue weighted by Gasteiger charge is 2.50. The van der Waals surface area contributed by atoms with Crippen molar-refractivity contribution in [1.82, 2.24) is 4.90 Å². The Morgan fingerprint density at radius 3 is 1.96 bits per heavy atom. The Balaban J connectivity index is 1.30. The zero-order valence-corrected chi connectivity index (χ0v) is 30.5. The van der Waals surface area contributed by atoms with Crippen LogP contribution in [-0.4, -0.2) is 62.8 Å². The normalized spacial score (nSPS) is 17.1. The van der Waals surface area contributed by atoms with E-state index in [-0.39, 0.29) is 17.7 Å². The number of unbranched alkanes of at least 4 members (excludes halogenated alkanes) is 1. The lowest BCUT2D eigenvalue weighted by Crippen LogP contribution is -2.66. The van der Waals surface area contributed by atoms with Crippen molar-refractivity contribution < 1.29 is 28.2 Å². The second-order valence-corrected chi connectivity index (χ2v) is 18.7. The minimum absolute atomic E-state index is 0.0692. The molecule has 1 fully saturated rings. The van der Waals surface area contributed by atoms with Crippen molar-refractivity contribution in [3.63, 3.8) is 0 Å². The summed E-state index contributed by atoms with van der Waals surface area (Å²) in [5.41, 5.74) is 0.365. The molecule has 7 nitrogen and oxygen atoms in total. The van der Waals surface area contributed by atoms with Crippen LogP contribution in [0.15, 0.2) is 103 Å². The van der Waals surface area contributed by atoms with Gasteiger partial charge in [0.15, 0.2) is 0 Å². The van der Waals surface area contributed by atoms with Gasteiger partial charge in [-0.15, -0.1) is 0 Å². The molecule has 2 atom stereocenters. The summed E-state index contributed by atoms with van der Waals surface area (Å²) >= 11 is 0. The Morgan fingerprint density at radius 1 is 0.812 bits per heavy atom. The number of benzene rings is 3. The number of hydrogen-bond acceptors (Lipinski definition) is 6. The summed E-state index contributed by atoms with van der Waals surface area (Å²) in [6.07, 6.45) is 6.15. The Bertz CT molecular complexity index is 1410. The van der Waals surface area contributed by atoms with Gasteiger partial charge in [-0.1, -0.05) is 124 Å². The number of likely N-dealkylation sites (tertiary alicyclic amines) is 1. The van der Waals surface area contributed by atoms with Gasteiger partial charge in [0.25, 0.3) is 8.32 Å². The summed E-state index contributed by atoms with van der Waals surface area (Å²) in [6, 6.07) is 30.2. The second-order valence-electron chi connectivity index (χ2n) is 14.4. The predicted octanol–water partition coefficient (Wildman–Crippen LogP) is 7.43. The summed E-state index contributed by atoms with van der Waals surface area (Å²) in [5.74, 6) is -0.425. The lowest BCUT2D eigenvalue weighted by Gasteiger charge is -2.43. The summed E-state index contributed by atoms with van der Waals surface area (Å²) in [6.45, 7) is 13.8. The number of esters is 1. The van der Waals surface area contributed by atoms with Gasteiger partial charge >= 0.3 is 12.1 Å². The molecule has 0 bridgehead atoms. The molecular formula is C40H53NO6Si. The fourth-order valence-electron chi connectivity index (χ4n) is 6.36. The molecule has 1 saturated heterocycles. The van der Waals surface area contributed by atoms with E-state index in [0.29, 0.717) is 32.7 Å². The number of hydrogen-bond donors (Lipinski definition) is 0. The third-order valence-corrected chi connectivity index (χ3v) is 13.6. The van der Waals surface area contributed by atoms with Gasteiger partial charge in [0.2, 0.25) is 0 Å². The van der Waals surface area contributed by atoms with Gasteiger partial charge < -0.3 is 18.6 Å². The van der Waals surface area contributed by atoms with E-state index in [1.807, 2.05) is 63.3 Å². The van der Waals surface area contributed by atoms with E-state index in [9.17, 15) is 9.59 Å². The van der Waals surface area contributed by atoms with Crippen LogP contribution in [0.3, 0.4) is 0 Å². The Kier molecular flexibility index (Phi) is 13.2. The molecule has 0 saturated carbocycles. The van der Waals surface area contributed by atoms with Crippen molar-refractivity contribution in [2.45, 2.75) is 96.6 Å². The van der Waals surface area contributed by atoms with Crippen LogP contribution < -0.4 is 10.4 Å². The first kappa shape index (κ1) is 37.1. The van der Waals surface area contributed by atoms with Crippen LogP contribution in [0, 0.1) is 0 Å². The molecule has 0 N–H and O–H groups in total. The number of carbonyl (C=O) groups excluding carboxylic acids is 2. The van der Waals surface area contributed by atoms with Gasteiger partial charge in [-0.2, -0.15) is 0 Å². The largest absolute Gasteiger partial charge is 0.460 e. The van der Waals surface area contributed by atoms with E-state index < -0.39 is 32.0 Å². The second kappa shape index (κ2) is 17.1. The number of nitrogens with zero attached hydrogens (tertiary/aromatic N) is 1. The van der Waals surface area contributed by atoms with Gasteiger partial charge in [0.05, 0.1) is 19.3 Å². The number of ether oxygens (including phenoxy) is 3. The maximum atomic E-state index is 13.2. The molecule has 3 aromatic carbocycles. The monoisotopic (exact) mass is 671 g/mol. The first-order chi connectivity index (χ1) is 22.9. The van der Waals surface area contributed by atoms with E-state index in [0.717, 1.165) is 18.4 Å². The van der Waals surface area contributed by atoms with Gasteiger partial charge in [-0.05, 0) is 67.4 Å². The maximum absolute atomic E-state index is 13.2. The zero-order valence-electron chi connectivity index (χ0n) is 29.5. The molecule has 1 amide bonds. The van der Waals surface area contributed by atoms with Crippen LogP contribution in [-0.2, 0) is 30.0 Å². The fraction of sp³-hybridized carbons (Fsp3) is 0.450. The lowest BCUT2D eigenvalue weighted by atomic mass is 10.2. The molecule has 0 aromatic heterocycles. The molecule has 0 aliphatic carbocycles. The van der Waals surface area contributed by atoms with Crippen molar-refractivity contribution in [2.24, 2.45) is 0 Å². The van der Waals surface area contributed by atoms with Crippen molar-refractivity contribution in [3.05, 3.63) is 109 Å². The highest BCUT2D eigenvalue weighted by Crippen LogP contribution is 2.37. The van der Waals surface area contributed by atoms with Crippen LogP contribution in [0.5, 0.6) is 0 Å². The van der Waals surface area contributed by atoms with E-state index in [1.165, 1.54) is 15.3 Å². The topological polar surface area (TPSA) is 74.3 Å². The van der Waals surface area contributed by atoms with Gasteiger partial charge in [0, 0.05) is 6.61 Å². The van der Waals surface area contributed by atoms with Crippen molar-refractivity contribution in [1.29, 1.82) is 0 Å². The Morgan fingerprint density at radius 2 is 1.40 bits per heavy atom. The smallest absolute Gasteiger partial charge is 0.411 e. The van der Waals surface area contributed by atoms with Crippen molar-refractivity contribution >= 4 is 30.8 Å². The molecule has 1 unspecified atom stereocenters. The van der Waals surface area contributed by atoms with Crippen LogP contribution >= 0.6 is 0 Å². The van der Waals surface area contributed by atoms with Crippen molar-refractivity contribution in [2.75, 3.05) is 19.8 Å². The van der Waals surface area contributed by atoms with Gasteiger partial charge in [0.1, 0.15) is 18.2 Å². The van der Waals surface area contributed by atoms with Crippen LogP contribution in [0.2, 0.25) is 5.04 Å². The standard InChI is InChI=1S/C40H53NO6Si/c1-39(2,3)47-38(43)41-33(31-44-30-32-20-12-9-13-21-32)26-27-36(41)37(42)45-28-18-7-8-19-29-46-48(40(4,5)6,34-22-14-10-15-23-34)35-24-16-11-17-25-35/h7,9-18,20-25,33,36H,8,19,26-31H2,1-6H3/b18-7+/t33-,36?/m0/s1. The minimum Gasteiger partial charge on any atom is -0.460 e. The third-order valence-electron chi connectivity index (χ3n) is 8.54. The highest BCUT2D eigenvalue weighted by atomic mass is 28.4. The van der Waals surface area contributed by atoms with E-state index >= 15 is 0 Å². The number of rotatable bonds is 14.